The van der Waals surface area contributed by atoms with Gasteiger partial charge in [-0.25, -0.2) is 4.21 Å². The van der Waals surface area contributed by atoms with E-state index in [0.29, 0.717) is 4.90 Å². The lowest BCUT2D eigenvalue weighted by atomic mass is 10.2. The van der Waals surface area contributed by atoms with Gasteiger partial charge in [0.15, 0.2) is 0 Å². The molecular weight excluding hydrogens is 258 g/mol. The third-order valence-electron chi connectivity index (χ3n) is 1.69. The molecule has 1 atom stereocenters. The predicted octanol–water partition coefficient (Wildman–Crippen LogP) is 1.94. The first-order valence-electron chi connectivity index (χ1n) is 3.95. The molecule has 1 aromatic rings. The molecule has 0 bridgehead atoms. The fourth-order valence-corrected chi connectivity index (χ4v) is 4.32. The molecule has 0 aliphatic carbocycles. The molecule has 0 aliphatic heterocycles. The summed E-state index contributed by atoms with van der Waals surface area (Å²) in [6, 6.07) is 6.61. The van der Waals surface area contributed by atoms with E-state index in [9.17, 15) is 12.6 Å². The smallest absolute Gasteiger partial charge is 0.244 e. The van der Waals surface area contributed by atoms with Gasteiger partial charge < -0.3 is 0 Å². The van der Waals surface area contributed by atoms with Crippen molar-refractivity contribution >= 4 is 29.6 Å². The Bertz CT molecular complexity index is 568. The Labute approximate surface area is 94.0 Å². The van der Waals surface area contributed by atoms with Crippen molar-refractivity contribution in [2.24, 2.45) is 3.77 Å². The topological polar surface area (TPSA) is 63.6 Å². The standard InChI is InChI=1S/C8H10ClNO3S2/c1-7-3-5-8(6-4-7)14(2,11)10-15(9,12)13/h3-6H,1-2H3. The zero-order valence-electron chi connectivity index (χ0n) is 8.18. The minimum Gasteiger partial charge on any atom is -0.244 e. The first kappa shape index (κ1) is 12.5. The third-order valence-corrected chi connectivity index (χ3v) is 5.19. The van der Waals surface area contributed by atoms with Crippen molar-refractivity contribution in [3.8, 4) is 0 Å². The van der Waals surface area contributed by atoms with Crippen LogP contribution in [0.5, 0.6) is 0 Å². The van der Waals surface area contributed by atoms with Crippen molar-refractivity contribution < 1.29 is 12.6 Å². The van der Waals surface area contributed by atoms with E-state index in [1.54, 1.807) is 24.3 Å². The van der Waals surface area contributed by atoms with Gasteiger partial charge in [-0.3, -0.25) is 0 Å². The lowest BCUT2D eigenvalue weighted by molar-refractivity contribution is 0.611. The summed E-state index contributed by atoms with van der Waals surface area (Å²) in [5, 5.41) is 0. The van der Waals surface area contributed by atoms with E-state index in [4.69, 9.17) is 10.7 Å². The van der Waals surface area contributed by atoms with Gasteiger partial charge in [-0.2, -0.15) is 8.42 Å². The molecule has 0 aromatic heterocycles. The van der Waals surface area contributed by atoms with Crippen LogP contribution in [0.15, 0.2) is 32.9 Å². The van der Waals surface area contributed by atoms with Crippen molar-refractivity contribution in [3.63, 3.8) is 0 Å². The molecule has 0 aliphatic rings. The third kappa shape index (κ3) is 3.81. The molecule has 7 heteroatoms. The maximum atomic E-state index is 11.9. The Kier molecular flexibility index (Phi) is 3.42. The average Bonchev–Trinajstić information content (AvgIpc) is 2.00. The Morgan fingerprint density at radius 3 is 2.00 bits per heavy atom. The van der Waals surface area contributed by atoms with Crippen LogP contribution in [0.2, 0.25) is 0 Å². The SMILES string of the molecule is Cc1ccc(S(C)(=O)=NS(=O)(=O)Cl)cc1. The van der Waals surface area contributed by atoms with Crippen LogP contribution in [0.1, 0.15) is 5.56 Å². The summed E-state index contributed by atoms with van der Waals surface area (Å²) in [5.74, 6) is 0. The Balaban J connectivity index is 3.36. The molecule has 15 heavy (non-hydrogen) atoms. The normalized spacial score (nSPS) is 15.7. The zero-order valence-corrected chi connectivity index (χ0v) is 10.6. The monoisotopic (exact) mass is 267 g/mol. The van der Waals surface area contributed by atoms with E-state index in [0.717, 1.165) is 5.56 Å². The first-order chi connectivity index (χ1) is 6.71. The molecule has 4 nitrogen and oxygen atoms in total. The zero-order chi connectivity index (χ0) is 11.7. The fourth-order valence-electron chi connectivity index (χ4n) is 1.00. The molecule has 1 unspecified atom stereocenters. The molecule has 84 valence electrons. The number of hydrogen-bond donors (Lipinski definition) is 0. The number of nitrogens with zero attached hydrogens (tertiary/aromatic N) is 1. The highest BCUT2D eigenvalue weighted by Gasteiger charge is 2.11. The van der Waals surface area contributed by atoms with Gasteiger partial charge in [0.25, 0.3) is 0 Å². The van der Waals surface area contributed by atoms with E-state index < -0.39 is 19.0 Å². The van der Waals surface area contributed by atoms with Gasteiger partial charge in [0, 0.05) is 21.8 Å². The molecule has 0 radical (unpaired) electrons. The second-order valence-corrected chi connectivity index (χ2v) is 7.77. The fraction of sp³-hybridized carbons (Fsp3) is 0.250. The summed E-state index contributed by atoms with van der Waals surface area (Å²) < 4.78 is 36.4. The Morgan fingerprint density at radius 2 is 1.60 bits per heavy atom. The molecule has 0 spiro atoms. The van der Waals surface area contributed by atoms with Gasteiger partial charge in [0.1, 0.15) is 0 Å². The quantitative estimate of drug-likeness (QED) is 0.769. The summed E-state index contributed by atoms with van der Waals surface area (Å²) in [5.41, 5.74) is 0.989. The van der Waals surface area contributed by atoms with Crippen LogP contribution in [0.3, 0.4) is 0 Å². The number of rotatable bonds is 2. The largest absolute Gasteiger partial charge is 0.347 e. The molecule has 0 fully saturated rings. The van der Waals surface area contributed by atoms with Gasteiger partial charge in [-0.05, 0) is 19.1 Å². The van der Waals surface area contributed by atoms with Crippen LogP contribution in [0.25, 0.3) is 0 Å². The lowest BCUT2D eigenvalue weighted by Gasteiger charge is -2.02. The van der Waals surface area contributed by atoms with E-state index >= 15 is 0 Å². The highest BCUT2D eigenvalue weighted by molar-refractivity contribution is 8.17. The highest BCUT2D eigenvalue weighted by atomic mass is 35.7. The van der Waals surface area contributed by atoms with Gasteiger partial charge in [0.05, 0.1) is 9.73 Å². The molecule has 1 rings (SSSR count). The lowest BCUT2D eigenvalue weighted by Crippen LogP contribution is -2.00. The molecule has 0 saturated carbocycles. The predicted molar refractivity (Wildman–Crippen MR) is 60.7 cm³/mol. The molecule has 0 N–H and O–H groups in total. The van der Waals surface area contributed by atoms with E-state index in [1.165, 1.54) is 6.26 Å². The molecule has 0 saturated heterocycles. The maximum absolute atomic E-state index is 11.9. The van der Waals surface area contributed by atoms with Crippen molar-refractivity contribution in [2.45, 2.75) is 11.8 Å². The maximum Gasteiger partial charge on any atom is 0.347 e. The van der Waals surface area contributed by atoms with E-state index in [2.05, 4.69) is 3.77 Å². The van der Waals surface area contributed by atoms with Crippen LogP contribution in [0, 0.1) is 6.92 Å². The van der Waals surface area contributed by atoms with Crippen LogP contribution in [0.4, 0.5) is 0 Å². The van der Waals surface area contributed by atoms with Crippen LogP contribution >= 0.6 is 10.7 Å². The van der Waals surface area contributed by atoms with E-state index in [1.807, 2.05) is 6.92 Å². The Hall–Kier alpha value is -0.590. The van der Waals surface area contributed by atoms with Crippen LogP contribution in [-0.4, -0.2) is 18.9 Å². The second kappa shape index (κ2) is 4.11. The van der Waals surface area contributed by atoms with Crippen molar-refractivity contribution in [1.82, 2.24) is 0 Å². The van der Waals surface area contributed by atoms with Gasteiger partial charge in [-0.1, -0.05) is 21.5 Å². The Morgan fingerprint density at radius 1 is 1.13 bits per heavy atom. The van der Waals surface area contributed by atoms with Crippen molar-refractivity contribution in [2.75, 3.05) is 6.26 Å². The van der Waals surface area contributed by atoms with Crippen LogP contribution in [-0.2, 0) is 19.0 Å². The van der Waals surface area contributed by atoms with Crippen molar-refractivity contribution in [1.29, 1.82) is 0 Å². The minimum atomic E-state index is -4.12. The second-order valence-electron chi connectivity index (χ2n) is 3.10. The summed E-state index contributed by atoms with van der Waals surface area (Å²) in [7, 11) is -2.17. The average molecular weight is 268 g/mol. The van der Waals surface area contributed by atoms with Gasteiger partial charge in [-0.15, -0.1) is 0 Å². The summed E-state index contributed by atoms with van der Waals surface area (Å²) >= 11 is 0. The van der Waals surface area contributed by atoms with Crippen molar-refractivity contribution in [3.05, 3.63) is 29.8 Å². The number of hydrogen-bond acceptors (Lipinski definition) is 3. The number of halogens is 1. The number of aryl methyl sites for hydroxylation is 1. The summed E-state index contributed by atoms with van der Waals surface area (Å²) in [6.45, 7) is 1.87. The number of benzene rings is 1. The van der Waals surface area contributed by atoms with Gasteiger partial charge in [0.2, 0.25) is 0 Å². The molecule has 1 aromatic carbocycles. The first-order valence-corrected chi connectivity index (χ1v) is 8.14. The summed E-state index contributed by atoms with van der Waals surface area (Å²) in [4.78, 5) is 0.345. The minimum absolute atomic E-state index is 0.345. The molecular formula is C8H10ClNO3S2. The summed E-state index contributed by atoms with van der Waals surface area (Å²) in [6.07, 6.45) is 1.23. The van der Waals surface area contributed by atoms with Gasteiger partial charge >= 0.3 is 9.24 Å². The molecule has 0 amide bonds. The van der Waals surface area contributed by atoms with E-state index in [-0.39, 0.29) is 0 Å². The highest BCUT2D eigenvalue weighted by Crippen LogP contribution is 2.15. The molecule has 0 heterocycles. The van der Waals surface area contributed by atoms with Crippen LogP contribution < -0.4 is 0 Å².